The number of rotatable bonds is 4. The number of nitrogens with one attached hydrogen (secondary N) is 1. The number of ether oxygens (including phenoxy) is 1. The molecular formula is C19H29N3O3. The van der Waals surface area contributed by atoms with Crippen molar-refractivity contribution in [3.63, 3.8) is 0 Å². The molecular weight excluding hydrogens is 318 g/mol. The van der Waals surface area contributed by atoms with E-state index < -0.39 is 6.10 Å². The summed E-state index contributed by atoms with van der Waals surface area (Å²) in [7, 11) is 1.38. The van der Waals surface area contributed by atoms with E-state index >= 15 is 0 Å². The van der Waals surface area contributed by atoms with Gasteiger partial charge in [0.15, 0.2) is 0 Å². The second kappa shape index (κ2) is 8.15. The van der Waals surface area contributed by atoms with E-state index in [2.05, 4.69) is 10.3 Å². The highest BCUT2D eigenvalue weighted by Crippen LogP contribution is 2.25. The summed E-state index contributed by atoms with van der Waals surface area (Å²) in [6, 6.07) is 2.45. The number of aliphatic hydroxyl groups excluding tert-OH is 1. The SMILES string of the molecule is COC(=O)c1cc(C)cnc1N1CCC(NC2CCCCC2)[C@H](O)C1. The molecule has 1 saturated heterocycles. The molecule has 1 aromatic rings. The highest BCUT2D eigenvalue weighted by Gasteiger charge is 2.32. The van der Waals surface area contributed by atoms with Crippen LogP contribution in [0, 0.1) is 6.92 Å². The van der Waals surface area contributed by atoms with Crippen LogP contribution in [0.3, 0.4) is 0 Å². The number of aromatic nitrogens is 1. The maximum absolute atomic E-state index is 12.1. The summed E-state index contributed by atoms with van der Waals surface area (Å²) in [4.78, 5) is 18.5. The van der Waals surface area contributed by atoms with E-state index in [9.17, 15) is 9.90 Å². The van der Waals surface area contributed by atoms with Gasteiger partial charge in [0.05, 0.1) is 13.2 Å². The number of esters is 1. The Bertz CT molecular complexity index is 602. The largest absolute Gasteiger partial charge is 0.465 e. The molecule has 6 heteroatoms. The first-order valence-electron chi connectivity index (χ1n) is 9.32. The highest BCUT2D eigenvalue weighted by molar-refractivity contribution is 5.95. The monoisotopic (exact) mass is 347 g/mol. The average Bonchev–Trinajstić information content (AvgIpc) is 2.63. The van der Waals surface area contributed by atoms with Crippen molar-refractivity contribution in [1.82, 2.24) is 10.3 Å². The molecule has 0 bridgehead atoms. The topological polar surface area (TPSA) is 74.7 Å². The van der Waals surface area contributed by atoms with E-state index in [1.165, 1.54) is 39.2 Å². The molecule has 2 fully saturated rings. The third-order valence-corrected chi connectivity index (χ3v) is 5.35. The summed E-state index contributed by atoms with van der Waals surface area (Å²) in [6.07, 6.45) is 8.43. The number of carbonyl (C=O) groups excluding carboxylic acids is 1. The summed E-state index contributed by atoms with van der Waals surface area (Å²) < 4.78 is 4.89. The number of β-amino-alcohol motifs (C(OH)–C–C–N with tert-alkyl or cyclic N) is 1. The Morgan fingerprint density at radius 2 is 2.08 bits per heavy atom. The van der Waals surface area contributed by atoms with Crippen molar-refractivity contribution >= 4 is 11.8 Å². The summed E-state index contributed by atoms with van der Waals surface area (Å²) in [5, 5.41) is 14.3. The molecule has 2 heterocycles. The van der Waals surface area contributed by atoms with Gasteiger partial charge in [0, 0.05) is 31.4 Å². The first-order chi connectivity index (χ1) is 12.1. The maximum atomic E-state index is 12.1. The van der Waals surface area contributed by atoms with E-state index in [0.29, 0.717) is 24.0 Å². The van der Waals surface area contributed by atoms with Crippen LogP contribution in [0.4, 0.5) is 5.82 Å². The number of pyridine rings is 1. The number of nitrogens with zero attached hydrogens (tertiary/aromatic N) is 2. The molecule has 2 atom stereocenters. The molecule has 0 amide bonds. The Morgan fingerprint density at radius 1 is 1.32 bits per heavy atom. The maximum Gasteiger partial charge on any atom is 0.341 e. The van der Waals surface area contributed by atoms with Crippen molar-refractivity contribution < 1.29 is 14.6 Å². The molecule has 2 aliphatic rings. The molecule has 1 aromatic heterocycles. The second-order valence-corrected chi connectivity index (χ2v) is 7.29. The van der Waals surface area contributed by atoms with Gasteiger partial charge in [-0.25, -0.2) is 9.78 Å². The number of aryl methyl sites for hydroxylation is 1. The Kier molecular flexibility index (Phi) is 5.91. The zero-order chi connectivity index (χ0) is 17.8. The lowest BCUT2D eigenvalue weighted by molar-refractivity contribution is 0.0599. The fourth-order valence-corrected chi connectivity index (χ4v) is 3.96. The number of anilines is 1. The molecule has 0 radical (unpaired) electrons. The van der Waals surface area contributed by atoms with Gasteiger partial charge in [-0.2, -0.15) is 0 Å². The van der Waals surface area contributed by atoms with Crippen LogP contribution in [0.2, 0.25) is 0 Å². The number of hydrogen-bond donors (Lipinski definition) is 2. The lowest BCUT2D eigenvalue weighted by atomic mass is 9.92. The van der Waals surface area contributed by atoms with Crippen LogP contribution < -0.4 is 10.2 Å². The Labute approximate surface area is 149 Å². The molecule has 2 N–H and O–H groups in total. The number of piperidine rings is 1. The van der Waals surface area contributed by atoms with Crippen LogP contribution >= 0.6 is 0 Å². The van der Waals surface area contributed by atoms with Gasteiger partial charge >= 0.3 is 5.97 Å². The molecule has 25 heavy (non-hydrogen) atoms. The Morgan fingerprint density at radius 3 is 2.76 bits per heavy atom. The molecule has 1 aliphatic heterocycles. The predicted molar refractivity (Wildman–Crippen MR) is 96.9 cm³/mol. The van der Waals surface area contributed by atoms with Gasteiger partial charge in [0.1, 0.15) is 11.4 Å². The van der Waals surface area contributed by atoms with Crippen molar-refractivity contribution in [2.45, 2.75) is 63.6 Å². The van der Waals surface area contributed by atoms with Crippen molar-refractivity contribution in [3.8, 4) is 0 Å². The van der Waals surface area contributed by atoms with E-state index in [1.807, 2.05) is 11.8 Å². The second-order valence-electron chi connectivity index (χ2n) is 7.29. The summed E-state index contributed by atoms with van der Waals surface area (Å²) in [5.74, 6) is 0.218. The van der Waals surface area contributed by atoms with Gasteiger partial charge in [-0.1, -0.05) is 19.3 Å². The Hall–Kier alpha value is -1.66. The highest BCUT2D eigenvalue weighted by atomic mass is 16.5. The standard InChI is InChI=1S/C19H29N3O3/c1-13-10-15(19(24)25-2)18(20-11-13)22-9-8-16(17(23)12-22)21-14-6-4-3-5-7-14/h10-11,14,16-17,21,23H,3-9,12H2,1-2H3/t16?,17-/m1/s1. The molecule has 1 aliphatic carbocycles. The van der Waals surface area contributed by atoms with E-state index in [-0.39, 0.29) is 12.0 Å². The lowest BCUT2D eigenvalue weighted by Crippen LogP contribution is -2.55. The minimum absolute atomic E-state index is 0.117. The summed E-state index contributed by atoms with van der Waals surface area (Å²) in [5.41, 5.74) is 1.38. The van der Waals surface area contributed by atoms with Crippen LogP contribution in [-0.4, -0.2) is 54.4 Å². The smallest absolute Gasteiger partial charge is 0.341 e. The van der Waals surface area contributed by atoms with Gasteiger partial charge in [0.2, 0.25) is 0 Å². The number of carbonyl (C=O) groups is 1. The van der Waals surface area contributed by atoms with Crippen molar-refractivity contribution in [2.24, 2.45) is 0 Å². The van der Waals surface area contributed by atoms with Gasteiger partial charge in [-0.3, -0.25) is 0 Å². The average molecular weight is 347 g/mol. The predicted octanol–water partition coefficient (Wildman–Crippen LogP) is 2.04. The van der Waals surface area contributed by atoms with Crippen LogP contribution in [-0.2, 0) is 4.74 Å². The van der Waals surface area contributed by atoms with Crippen molar-refractivity contribution in [2.75, 3.05) is 25.1 Å². The zero-order valence-corrected chi connectivity index (χ0v) is 15.2. The van der Waals surface area contributed by atoms with Crippen LogP contribution in [0.1, 0.15) is 54.4 Å². The molecule has 3 rings (SSSR count). The number of methoxy groups -OCH3 is 1. The first kappa shape index (κ1) is 18.1. The van der Waals surface area contributed by atoms with Crippen molar-refractivity contribution in [1.29, 1.82) is 0 Å². The Balaban J connectivity index is 1.67. The minimum Gasteiger partial charge on any atom is -0.465 e. The molecule has 1 unspecified atom stereocenters. The third-order valence-electron chi connectivity index (χ3n) is 5.35. The van der Waals surface area contributed by atoms with Crippen molar-refractivity contribution in [3.05, 3.63) is 23.4 Å². The zero-order valence-electron chi connectivity index (χ0n) is 15.2. The van der Waals surface area contributed by atoms with E-state index in [4.69, 9.17) is 4.74 Å². The van der Waals surface area contributed by atoms with Crippen LogP contribution in [0.5, 0.6) is 0 Å². The quantitative estimate of drug-likeness (QED) is 0.812. The molecule has 0 aromatic carbocycles. The first-order valence-corrected chi connectivity index (χ1v) is 9.32. The van der Waals surface area contributed by atoms with E-state index in [1.54, 1.807) is 12.3 Å². The van der Waals surface area contributed by atoms with Crippen LogP contribution in [0.15, 0.2) is 12.3 Å². The third kappa shape index (κ3) is 4.30. The van der Waals surface area contributed by atoms with E-state index in [0.717, 1.165) is 18.5 Å². The fraction of sp³-hybridized carbons (Fsp3) is 0.684. The lowest BCUT2D eigenvalue weighted by Gasteiger charge is -2.39. The van der Waals surface area contributed by atoms with Crippen LogP contribution in [0.25, 0.3) is 0 Å². The summed E-state index contributed by atoms with van der Waals surface area (Å²) in [6.45, 7) is 3.14. The molecule has 138 valence electrons. The van der Waals surface area contributed by atoms with Gasteiger partial charge in [-0.15, -0.1) is 0 Å². The normalized spacial score (nSPS) is 25.0. The van der Waals surface area contributed by atoms with Gasteiger partial charge in [0.25, 0.3) is 0 Å². The molecule has 1 saturated carbocycles. The molecule has 0 spiro atoms. The van der Waals surface area contributed by atoms with Gasteiger partial charge < -0.3 is 20.1 Å². The van der Waals surface area contributed by atoms with Gasteiger partial charge in [-0.05, 0) is 37.8 Å². The summed E-state index contributed by atoms with van der Waals surface area (Å²) >= 11 is 0. The minimum atomic E-state index is -0.468. The number of hydrogen-bond acceptors (Lipinski definition) is 6. The number of aliphatic hydroxyl groups is 1. The fourth-order valence-electron chi connectivity index (χ4n) is 3.96. The molecule has 6 nitrogen and oxygen atoms in total.